The smallest absolute Gasteiger partial charge is 0.407 e. The van der Waals surface area contributed by atoms with Gasteiger partial charge < -0.3 is 15.0 Å². The van der Waals surface area contributed by atoms with Crippen LogP contribution in [0.3, 0.4) is 0 Å². The molecule has 0 saturated carbocycles. The van der Waals surface area contributed by atoms with Crippen LogP contribution in [0.2, 0.25) is 0 Å². The highest BCUT2D eigenvalue weighted by molar-refractivity contribution is 9.10. The van der Waals surface area contributed by atoms with E-state index in [1.165, 1.54) is 5.56 Å². The van der Waals surface area contributed by atoms with Gasteiger partial charge >= 0.3 is 6.09 Å². The monoisotopic (exact) mass is 523 g/mol. The molecule has 0 unspecified atom stereocenters. The number of carbonyl (C=O) groups is 2. The summed E-state index contributed by atoms with van der Waals surface area (Å²) in [5.41, 5.74) is 3.14. The second-order valence-electron chi connectivity index (χ2n) is 9.66. The van der Waals surface area contributed by atoms with Gasteiger partial charge in [0.1, 0.15) is 5.60 Å². The highest BCUT2D eigenvalue weighted by Crippen LogP contribution is 2.31. The average Bonchev–Trinajstić information content (AvgIpc) is 2.82. The van der Waals surface area contributed by atoms with E-state index in [1.54, 1.807) is 6.20 Å². The molecular formula is C27H30BrN3O3. The molecule has 3 aromatic rings. The molecule has 2 aromatic carbocycles. The van der Waals surface area contributed by atoms with Gasteiger partial charge in [0.2, 0.25) is 0 Å². The zero-order valence-electron chi connectivity index (χ0n) is 19.8. The van der Waals surface area contributed by atoms with Crippen molar-refractivity contribution in [3.05, 3.63) is 75.9 Å². The van der Waals surface area contributed by atoms with Gasteiger partial charge in [-0.05, 0) is 68.9 Å². The van der Waals surface area contributed by atoms with Crippen LogP contribution in [0, 0.1) is 0 Å². The van der Waals surface area contributed by atoms with Crippen LogP contribution in [-0.4, -0.2) is 40.6 Å². The fourth-order valence-corrected chi connectivity index (χ4v) is 4.79. The maximum atomic E-state index is 13.3. The number of hydrogen-bond acceptors (Lipinski definition) is 4. The topological polar surface area (TPSA) is 71.5 Å². The molecule has 4 rings (SSSR count). The molecule has 2 amide bonds. The Balaban J connectivity index is 1.38. The molecule has 1 aliphatic rings. The molecule has 1 aliphatic heterocycles. The zero-order chi connectivity index (χ0) is 24.3. The van der Waals surface area contributed by atoms with Gasteiger partial charge in [-0.3, -0.25) is 9.78 Å². The van der Waals surface area contributed by atoms with E-state index in [9.17, 15) is 9.59 Å². The third kappa shape index (κ3) is 5.76. The van der Waals surface area contributed by atoms with Gasteiger partial charge in [-0.1, -0.05) is 46.3 Å². The first-order valence-electron chi connectivity index (χ1n) is 11.6. The molecule has 0 aliphatic carbocycles. The minimum absolute atomic E-state index is 0.0324. The molecular weight excluding hydrogens is 494 g/mol. The predicted octanol–water partition coefficient (Wildman–Crippen LogP) is 6.04. The number of halogens is 1. The van der Waals surface area contributed by atoms with Gasteiger partial charge in [0.25, 0.3) is 5.91 Å². The van der Waals surface area contributed by atoms with Crippen LogP contribution in [0.5, 0.6) is 0 Å². The summed E-state index contributed by atoms with van der Waals surface area (Å²) < 4.78 is 6.25. The summed E-state index contributed by atoms with van der Waals surface area (Å²) in [6.45, 7) is 7.37. The number of fused-ring (bicyclic) bond motifs is 1. The van der Waals surface area contributed by atoms with Crippen LogP contribution >= 0.6 is 15.9 Å². The van der Waals surface area contributed by atoms with E-state index < -0.39 is 11.7 Å². The molecule has 0 spiro atoms. The third-order valence-electron chi connectivity index (χ3n) is 5.99. The molecule has 1 saturated heterocycles. The van der Waals surface area contributed by atoms with Crippen molar-refractivity contribution in [1.82, 2.24) is 15.2 Å². The highest BCUT2D eigenvalue weighted by atomic mass is 79.9. The van der Waals surface area contributed by atoms with Crippen LogP contribution in [0.1, 0.15) is 61.0 Å². The van der Waals surface area contributed by atoms with Crippen molar-refractivity contribution in [2.24, 2.45) is 0 Å². The van der Waals surface area contributed by atoms with E-state index in [0.29, 0.717) is 31.1 Å². The van der Waals surface area contributed by atoms with Crippen LogP contribution in [-0.2, 0) is 11.3 Å². The second-order valence-corrected chi connectivity index (χ2v) is 10.5. The Morgan fingerprint density at radius 3 is 2.62 bits per heavy atom. The lowest BCUT2D eigenvalue weighted by atomic mass is 9.88. The number of alkyl carbamates (subject to hydrolysis) is 1. The number of piperidine rings is 1. The van der Waals surface area contributed by atoms with Crippen molar-refractivity contribution in [2.75, 3.05) is 13.1 Å². The van der Waals surface area contributed by atoms with Crippen molar-refractivity contribution in [3.8, 4) is 0 Å². The fourth-order valence-electron chi connectivity index (χ4n) is 4.34. The Labute approximate surface area is 208 Å². The third-order valence-corrected chi connectivity index (χ3v) is 6.68. The van der Waals surface area contributed by atoms with Crippen molar-refractivity contribution >= 4 is 38.8 Å². The first kappa shape index (κ1) is 24.2. The van der Waals surface area contributed by atoms with Gasteiger partial charge in [0.05, 0.1) is 11.1 Å². The SMILES string of the molecule is CC(C)(C)OC(=O)NCc1cccc(C2CCN(C(=O)c3ccc(Br)c4cccnc34)CC2)c1. The van der Waals surface area contributed by atoms with Crippen molar-refractivity contribution < 1.29 is 14.3 Å². The minimum Gasteiger partial charge on any atom is -0.444 e. The van der Waals surface area contributed by atoms with Gasteiger partial charge in [-0.25, -0.2) is 4.79 Å². The maximum Gasteiger partial charge on any atom is 0.407 e. The summed E-state index contributed by atoms with van der Waals surface area (Å²) in [6.07, 6.45) is 3.11. The van der Waals surface area contributed by atoms with Crippen LogP contribution in [0.15, 0.2) is 59.2 Å². The van der Waals surface area contributed by atoms with Crippen LogP contribution in [0.25, 0.3) is 10.9 Å². The molecule has 7 heteroatoms. The number of benzene rings is 2. The lowest BCUT2D eigenvalue weighted by Crippen LogP contribution is -2.38. The van der Waals surface area contributed by atoms with Crippen molar-refractivity contribution in [1.29, 1.82) is 0 Å². The standard InChI is InChI=1S/C27H30BrN3O3/c1-27(2,3)34-26(33)30-17-18-6-4-7-20(16-18)19-11-14-31(15-12-19)25(32)22-9-10-23(28)21-8-5-13-29-24(21)22/h4-10,13,16,19H,11-12,14-15,17H2,1-3H3,(H,30,33). The van der Waals surface area contributed by atoms with E-state index in [-0.39, 0.29) is 5.91 Å². The molecule has 178 valence electrons. The summed E-state index contributed by atoms with van der Waals surface area (Å²) in [5, 5.41) is 3.77. The summed E-state index contributed by atoms with van der Waals surface area (Å²) in [7, 11) is 0. The predicted molar refractivity (Wildman–Crippen MR) is 137 cm³/mol. The van der Waals surface area contributed by atoms with Crippen LogP contribution < -0.4 is 5.32 Å². The van der Waals surface area contributed by atoms with Gasteiger partial charge in [0, 0.05) is 35.7 Å². The number of hydrogen-bond donors (Lipinski definition) is 1. The molecule has 0 radical (unpaired) electrons. The zero-order valence-corrected chi connectivity index (χ0v) is 21.4. The molecule has 0 atom stereocenters. The summed E-state index contributed by atoms with van der Waals surface area (Å²) in [5.74, 6) is 0.412. The number of amides is 2. The number of carbonyl (C=O) groups excluding carboxylic acids is 2. The Morgan fingerprint density at radius 2 is 1.88 bits per heavy atom. The largest absolute Gasteiger partial charge is 0.444 e. The molecule has 1 aromatic heterocycles. The highest BCUT2D eigenvalue weighted by Gasteiger charge is 2.26. The summed E-state index contributed by atoms with van der Waals surface area (Å²) in [6, 6.07) is 15.9. The first-order valence-corrected chi connectivity index (χ1v) is 12.4. The lowest BCUT2D eigenvalue weighted by Gasteiger charge is -2.32. The Hall–Kier alpha value is -2.93. The minimum atomic E-state index is -0.518. The van der Waals surface area contributed by atoms with E-state index >= 15 is 0 Å². The number of aromatic nitrogens is 1. The molecule has 6 nitrogen and oxygen atoms in total. The summed E-state index contributed by atoms with van der Waals surface area (Å²) in [4.78, 5) is 31.6. The normalized spacial score (nSPS) is 14.8. The van der Waals surface area contributed by atoms with E-state index in [4.69, 9.17) is 4.74 Å². The fraction of sp³-hybridized carbons (Fsp3) is 0.370. The first-order chi connectivity index (χ1) is 16.2. The quantitative estimate of drug-likeness (QED) is 0.452. The molecule has 0 bridgehead atoms. The van der Waals surface area contributed by atoms with Gasteiger partial charge in [0.15, 0.2) is 0 Å². The van der Waals surface area contributed by atoms with Gasteiger partial charge in [-0.15, -0.1) is 0 Å². The van der Waals surface area contributed by atoms with Crippen LogP contribution in [0.4, 0.5) is 4.79 Å². The second kappa shape index (κ2) is 10.1. The number of likely N-dealkylation sites (tertiary alicyclic amines) is 1. The molecule has 1 fully saturated rings. The number of ether oxygens (including phenoxy) is 1. The van der Waals surface area contributed by atoms with E-state index in [1.807, 2.05) is 62.1 Å². The maximum absolute atomic E-state index is 13.3. The Kier molecular flexibility index (Phi) is 7.22. The Morgan fingerprint density at radius 1 is 1.12 bits per heavy atom. The molecule has 2 heterocycles. The van der Waals surface area contributed by atoms with E-state index in [2.05, 4.69) is 38.4 Å². The van der Waals surface area contributed by atoms with Crippen molar-refractivity contribution in [2.45, 2.75) is 51.7 Å². The average molecular weight is 524 g/mol. The number of rotatable bonds is 4. The van der Waals surface area contributed by atoms with E-state index in [0.717, 1.165) is 33.8 Å². The molecule has 34 heavy (non-hydrogen) atoms. The molecule has 1 N–H and O–H groups in total. The van der Waals surface area contributed by atoms with Gasteiger partial charge in [-0.2, -0.15) is 0 Å². The lowest BCUT2D eigenvalue weighted by molar-refractivity contribution is 0.0523. The van der Waals surface area contributed by atoms with Crippen molar-refractivity contribution in [3.63, 3.8) is 0 Å². The Bertz CT molecular complexity index is 1200. The number of nitrogens with zero attached hydrogens (tertiary/aromatic N) is 2. The number of nitrogens with one attached hydrogen (secondary N) is 1. The number of pyridine rings is 1. The summed E-state index contributed by atoms with van der Waals surface area (Å²) >= 11 is 3.55.